The van der Waals surface area contributed by atoms with Gasteiger partial charge in [0.1, 0.15) is 37.0 Å². The molecular formula is C19H19NO3S. The summed E-state index contributed by atoms with van der Waals surface area (Å²) in [5.74, 6) is 3.85. The predicted octanol–water partition coefficient (Wildman–Crippen LogP) is 3.60. The lowest BCUT2D eigenvalue weighted by molar-refractivity contribution is 0.0261. The van der Waals surface area contributed by atoms with Crippen LogP contribution in [0.15, 0.2) is 48.5 Å². The Morgan fingerprint density at radius 3 is 2.33 bits per heavy atom. The van der Waals surface area contributed by atoms with Crippen LogP contribution in [-0.2, 0) is 4.74 Å². The Hall–Kier alpha value is -1.69. The van der Waals surface area contributed by atoms with Gasteiger partial charge < -0.3 is 14.2 Å². The summed E-state index contributed by atoms with van der Waals surface area (Å²) in [6.45, 7) is 1.08. The molecule has 0 aliphatic carbocycles. The van der Waals surface area contributed by atoms with Crippen LogP contribution < -0.4 is 9.47 Å². The van der Waals surface area contributed by atoms with Gasteiger partial charge in [0.15, 0.2) is 0 Å². The molecule has 24 heavy (non-hydrogen) atoms. The smallest absolute Gasteiger partial charge is 0.125 e. The van der Waals surface area contributed by atoms with Crippen molar-refractivity contribution in [2.45, 2.75) is 18.4 Å². The molecule has 2 fully saturated rings. The molecule has 0 spiro atoms. The number of rotatable bonds is 0. The van der Waals surface area contributed by atoms with Crippen molar-refractivity contribution in [1.82, 2.24) is 4.90 Å². The van der Waals surface area contributed by atoms with E-state index in [4.69, 9.17) is 14.2 Å². The van der Waals surface area contributed by atoms with E-state index in [1.54, 1.807) is 0 Å². The van der Waals surface area contributed by atoms with Gasteiger partial charge in [-0.15, -0.1) is 11.8 Å². The summed E-state index contributed by atoms with van der Waals surface area (Å²) in [7, 11) is 0. The van der Waals surface area contributed by atoms with Crippen LogP contribution in [0.2, 0.25) is 0 Å². The third-order valence-corrected chi connectivity index (χ3v) is 5.88. The Kier molecular flexibility index (Phi) is 3.65. The molecule has 4 nitrogen and oxygen atoms in total. The number of benzene rings is 2. The minimum absolute atomic E-state index is 0.0325. The zero-order chi connectivity index (χ0) is 15.9. The summed E-state index contributed by atoms with van der Waals surface area (Å²) in [5.41, 5.74) is 2.35. The molecule has 3 aliphatic rings. The average Bonchev–Trinajstić information content (AvgIpc) is 3.20. The number of hydrogen-bond donors (Lipinski definition) is 0. The number of para-hydroxylation sites is 2. The molecule has 3 atom stereocenters. The van der Waals surface area contributed by atoms with Gasteiger partial charge in [0, 0.05) is 22.8 Å². The first-order valence-electron chi connectivity index (χ1n) is 8.34. The van der Waals surface area contributed by atoms with E-state index in [2.05, 4.69) is 35.2 Å². The van der Waals surface area contributed by atoms with E-state index in [0.29, 0.717) is 13.2 Å². The maximum Gasteiger partial charge on any atom is 0.125 e. The van der Waals surface area contributed by atoms with Gasteiger partial charge in [0.05, 0.1) is 6.04 Å². The minimum Gasteiger partial charge on any atom is -0.490 e. The fourth-order valence-electron chi connectivity index (χ4n) is 3.82. The van der Waals surface area contributed by atoms with Crippen LogP contribution >= 0.6 is 11.8 Å². The molecule has 124 valence electrons. The lowest BCUT2D eigenvalue weighted by Gasteiger charge is -2.28. The minimum atomic E-state index is -0.0325. The molecule has 0 saturated carbocycles. The molecular weight excluding hydrogens is 322 g/mol. The molecule has 0 amide bonds. The van der Waals surface area contributed by atoms with Crippen molar-refractivity contribution in [2.24, 2.45) is 0 Å². The van der Waals surface area contributed by atoms with Gasteiger partial charge in [-0.25, -0.2) is 0 Å². The van der Waals surface area contributed by atoms with Crippen LogP contribution in [0.4, 0.5) is 0 Å². The highest BCUT2D eigenvalue weighted by molar-refractivity contribution is 7.99. The summed E-state index contributed by atoms with van der Waals surface area (Å²) in [4.78, 5) is 2.45. The zero-order valence-electron chi connectivity index (χ0n) is 13.3. The molecule has 0 aromatic heterocycles. The highest BCUT2D eigenvalue weighted by Crippen LogP contribution is 2.52. The normalized spacial score (nSPS) is 28.8. The summed E-state index contributed by atoms with van der Waals surface area (Å²) in [5, 5.41) is 0. The van der Waals surface area contributed by atoms with Crippen molar-refractivity contribution in [3.8, 4) is 11.5 Å². The molecule has 2 aromatic rings. The third-order valence-electron chi connectivity index (χ3n) is 4.88. The molecule has 0 bridgehead atoms. The number of nitrogens with zero attached hydrogens (tertiary/aromatic N) is 1. The Labute approximate surface area is 145 Å². The van der Waals surface area contributed by atoms with Crippen LogP contribution in [0.1, 0.15) is 23.3 Å². The third kappa shape index (κ3) is 2.31. The standard InChI is InChI=1S/C19H19NO3S/c1-3-7-15-13(5-1)18-19(23-17-11-24-12-20(17)18)14-6-2-4-8-16(14)22-10-9-21-15/h1-8,17-19H,9-12H2/t17-,18+,19-/m1/s1. The average molecular weight is 341 g/mol. The van der Waals surface area contributed by atoms with Crippen molar-refractivity contribution in [3.63, 3.8) is 0 Å². The Balaban J connectivity index is 1.67. The summed E-state index contributed by atoms with van der Waals surface area (Å²) < 4.78 is 18.5. The lowest BCUT2D eigenvalue weighted by Crippen LogP contribution is -2.28. The van der Waals surface area contributed by atoms with Crippen molar-refractivity contribution in [2.75, 3.05) is 24.8 Å². The highest BCUT2D eigenvalue weighted by atomic mass is 32.2. The maximum atomic E-state index is 6.47. The van der Waals surface area contributed by atoms with Crippen molar-refractivity contribution >= 4 is 11.8 Å². The van der Waals surface area contributed by atoms with E-state index < -0.39 is 0 Å². The topological polar surface area (TPSA) is 30.9 Å². The predicted molar refractivity (Wildman–Crippen MR) is 93.4 cm³/mol. The fraction of sp³-hybridized carbons (Fsp3) is 0.368. The molecule has 0 N–H and O–H groups in total. The van der Waals surface area contributed by atoms with Gasteiger partial charge in [0.25, 0.3) is 0 Å². The summed E-state index contributed by atoms with van der Waals surface area (Å²) in [6.07, 6.45) is 0.127. The van der Waals surface area contributed by atoms with E-state index in [-0.39, 0.29) is 18.4 Å². The Morgan fingerprint density at radius 1 is 0.875 bits per heavy atom. The molecule has 0 unspecified atom stereocenters. The number of hydrogen-bond acceptors (Lipinski definition) is 5. The van der Waals surface area contributed by atoms with E-state index in [0.717, 1.165) is 28.7 Å². The van der Waals surface area contributed by atoms with Crippen LogP contribution in [0, 0.1) is 0 Å². The molecule has 3 aliphatic heterocycles. The number of ether oxygens (including phenoxy) is 3. The van der Waals surface area contributed by atoms with Gasteiger partial charge >= 0.3 is 0 Å². The second-order valence-electron chi connectivity index (χ2n) is 6.24. The van der Waals surface area contributed by atoms with Gasteiger partial charge in [-0.3, -0.25) is 4.90 Å². The number of fused-ring (bicyclic) bond motifs is 7. The summed E-state index contributed by atoms with van der Waals surface area (Å²) >= 11 is 1.93. The van der Waals surface area contributed by atoms with Gasteiger partial charge in [-0.1, -0.05) is 36.4 Å². The molecule has 3 heterocycles. The molecule has 0 radical (unpaired) electrons. The second kappa shape index (κ2) is 5.99. The zero-order valence-corrected chi connectivity index (χ0v) is 14.1. The molecule has 5 rings (SSSR count). The summed E-state index contributed by atoms with van der Waals surface area (Å²) in [6, 6.07) is 16.7. The van der Waals surface area contributed by atoms with Crippen LogP contribution in [0.3, 0.4) is 0 Å². The first kappa shape index (κ1) is 14.6. The first-order chi connectivity index (χ1) is 11.9. The molecule has 2 saturated heterocycles. The van der Waals surface area contributed by atoms with Gasteiger partial charge in [-0.2, -0.15) is 0 Å². The van der Waals surface area contributed by atoms with Crippen molar-refractivity contribution < 1.29 is 14.2 Å². The molecule has 5 heteroatoms. The van der Waals surface area contributed by atoms with Crippen LogP contribution in [0.5, 0.6) is 11.5 Å². The van der Waals surface area contributed by atoms with Gasteiger partial charge in [-0.05, 0) is 12.1 Å². The van der Waals surface area contributed by atoms with Crippen molar-refractivity contribution in [3.05, 3.63) is 59.7 Å². The molecule has 2 aromatic carbocycles. The second-order valence-corrected chi connectivity index (χ2v) is 7.24. The first-order valence-corrected chi connectivity index (χ1v) is 9.50. The van der Waals surface area contributed by atoms with E-state index in [1.165, 1.54) is 5.56 Å². The van der Waals surface area contributed by atoms with Crippen LogP contribution in [0.25, 0.3) is 0 Å². The SMILES string of the molecule is c1ccc2c(c1)OCCOc1ccccc1[C@H]1[C@@H]2O[C@@H]2CSCN21. The largest absolute Gasteiger partial charge is 0.490 e. The van der Waals surface area contributed by atoms with E-state index in [9.17, 15) is 0 Å². The van der Waals surface area contributed by atoms with Gasteiger partial charge in [0.2, 0.25) is 0 Å². The lowest BCUT2D eigenvalue weighted by atomic mass is 9.94. The van der Waals surface area contributed by atoms with Crippen molar-refractivity contribution in [1.29, 1.82) is 0 Å². The van der Waals surface area contributed by atoms with E-state index in [1.807, 2.05) is 30.0 Å². The quantitative estimate of drug-likeness (QED) is 0.731. The Bertz CT molecular complexity index is 753. The van der Waals surface area contributed by atoms with E-state index >= 15 is 0 Å². The fourth-order valence-corrected chi connectivity index (χ4v) is 4.94. The maximum absolute atomic E-state index is 6.47. The monoisotopic (exact) mass is 341 g/mol. The van der Waals surface area contributed by atoms with Crippen LogP contribution in [-0.4, -0.2) is 36.0 Å². The Morgan fingerprint density at radius 2 is 1.54 bits per heavy atom. The highest BCUT2D eigenvalue weighted by Gasteiger charge is 2.48. The number of thioether (sulfide) groups is 1.